The topological polar surface area (TPSA) is 16.1 Å². The van der Waals surface area contributed by atoms with Gasteiger partial charge in [-0.25, -0.2) is 4.98 Å². The van der Waals surface area contributed by atoms with Crippen molar-refractivity contribution in [3.8, 4) is 0 Å². The summed E-state index contributed by atoms with van der Waals surface area (Å²) in [7, 11) is 0. The third-order valence-corrected chi connectivity index (χ3v) is 7.31. The van der Waals surface area contributed by atoms with Gasteiger partial charge in [0, 0.05) is 6.20 Å². The molecule has 0 aliphatic carbocycles. The fourth-order valence-electron chi connectivity index (χ4n) is 5.66. The maximum Gasteiger partial charge on any atom is 0.136 e. The molecule has 1 aliphatic rings. The molecule has 1 aliphatic heterocycles. The first kappa shape index (κ1) is 27.2. The van der Waals surface area contributed by atoms with E-state index < -0.39 is 0 Å². The number of allylic oxidation sites excluding steroid dienone is 2. The smallest absolute Gasteiger partial charge is 0.136 e. The van der Waals surface area contributed by atoms with Crippen molar-refractivity contribution in [2.75, 3.05) is 4.90 Å². The Morgan fingerprint density at radius 3 is 1.97 bits per heavy atom. The number of hydrogen-bond acceptors (Lipinski definition) is 2. The molecule has 3 rings (SSSR count). The molecule has 0 fully saturated rings. The number of anilines is 1. The second kappa shape index (κ2) is 12.1. The van der Waals surface area contributed by atoms with Crippen LogP contribution in [0.2, 0.25) is 0 Å². The Bertz CT molecular complexity index is 1030. The van der Waals surface area contributed by atoms with Crippen molar-refractivity contribution < 1.29 is 0 Å². The standard InChI is InChI=1S/C33H48N2/c1-9-14-27-28(15-10-2)30(17-12-4)35(32-24(5)18-13-23-34-32)31(29(27)16-11-3)25-19-21-26(22-20-25)33(6,7)8/h13,18-23,30H,9-12,14-17H2,1-8H3. The summed E-state index contributed by atoms with van der Waals surface area (Å²) < 4.78 is 0. The second-order valence-corrected chi connectivity index (χ2v) is 11.2. The maximum absolute atomic E-state index is 5.00. The van der Waals surface area contributed by atoms with Gasteiger partial charge in [0.05, 0.1) is 11.7 Å². The summed E-state index contributed by atoms with van der Waals surface area (Å²) in [5.74, 6) is 1.12. The van der Waals surface area contributed by atoms with E-state index in [-0.39, 0.29) is 5.41 Å². The molecule has 2 heterocycles. The van der Waals surface area contributed by atoms with Crippen molar-refractivity contribution in [1.29, 1.82) is 0 Å². The summed E-state index contributed by atoms with van der Waals surface area (Å²) in [5, 5.41) is 0. The van der Waals surface area contributed by atoms with E-state index in [1.165, 1.54) is 54.5 Å². The van der Waals surface area contributed by atoms with Gasteiger partial charge in [-0.05, 0) is 77.5 Å². The zero-order valence-corrected chi connectivity index (χ0v) is 23.7. The van der Waals surface area contributed by atoms with Crippen LogP contribution in [0.25, 0.3) is 5.70 Å². The summed E-state index contributed by atoms with van der Waals surface area (Å²) in [4.78, 5) is 7.64. The van der Waals surface area contributed by atoms with Crippen molar-refractivity contribution in [2.24, 2.45) is 0 Å². The predicted octanol–water partition coefficient (Wildman–Crippen LogP) is 9.78. The molecule has 1 atom stereocenters. The predicted molar refractivity (Wildman–Crippen MR) is 154 cm³/mol. The largest absolute Gasteiger partial charge is 0.318 e. The molecular weight excluding hydrogens is 424 g/mol. The fraction of sp³-hybridized carbons (Fsp3) is 0.545. The summed E-state index contributed by atoms with van der Waals surface area (Å²) in [5.41, 5.74) is 10.4. The summed E-state index contributed by atoms with van der Waals surface area (Å²) >= 11 is 0. The Kier molecular flexibility index (Phi) is 9.39. The van der Waals surface area contributed by atoms with E-state index in [1.54, 1.807) is 16.7 Å². The number of rotatable bonds is 10. The molecule has 0 saturated heterocycles. The van der Waals surface area contributed by atoms with Gasteiger partial charge in [-0.1, -0.05) is 104 Å². The average Bonchev–Trinajstić information content (AvgIpc) is 2.83. The van der Waals surface area contributed by atoms with Gasteiger partial charge in [-0.2, -0.15) is 0 Å². The van der Waals surface area contributed by atoms with Crippen LogP contribution in [0.15, 0.2) is 59.3 Å². The van der Waals surface area contributed by atoms with Crippen LogP contribution in [-0.4, -0.2) is 11.0 Å². The van der Waals surface area contributed by atoms with E-state index in [1.807, 2.05) is 6.20 Å². The van der Waals surface area contributed by atoms with Crippen LogP contribution >= 0.6 is 0 Å². The van der Waals surface area contributed by atoms with Crippen LogP contribution in [0.1, 0.15) is 117 Å². The van der Waals surface area contributed by atoms with Gasteiger partial charge in [0.2, 0.25) is 0 Å². The van der Waals surface area contributed by atoms with Crippen molar-refractivity contribution in [3.63, 3.8) is 0 Å². The van der Waals surface area contributed by atoms with Gasteiger partial charge < -0.3 is 4.90 Å². The van der Waals surface area contributed by atoms with Gasteiger partial charge in [0.25, 0.3) is 0 Å². The number of aryl methyl sites for hydroxylation is 1. The minimum absolute atomic E-state index is 0.148. The Labute approximate surface area is 215 Å². The third kappa shape index (κ3) is 5.90. The average molecular weight is 473 g/mol. The maximum atomic E-state index is 5.00. The van der Waals surface area contributed by atoms with Gasteiger partial charge >= 0.3 is 0 Å². The molecule has 1 aromatic carbocycles. The number of hydrogen-bond donors (Lipinski definition) is 0. The molecule has 190 valence electrons. The second-order valence-electron chi connectivity index (χ2n) is 11.2. The Balaban J connectivity index is 2.38. The lowest BCUT2D eigenvalue weighted by molar-refractivity contribution is 0.589. The van der Waals surface area contributed by atoms with Crippen LogP contribution < -0.4 is 4.90 Å². The van der Waals surface area contributed by atoms with Gasteiger partial charge in [-0.15, -0.1) is 0 Å². The molecule has 2 heteroatoms. The number of benzene rings is 1. The SMILES string of the molecule is CCCC1=C(CCC)C(CCC)N(c2ncccc2C)C(c2ccc(C(C)(C)C)cc2)=C1CCC. The van der Waals surface area contributed by atoms with Crippen LogP contribution in [0, 0.1) is 6.92 Å². The van der Waals surface area contributed by atoms with E-state index in [0.717, 1.165) is 25.1 Å². The molecule has 2 aromatic rings. The van der Waals surface area contributed by atoms with Crippen LogP contribution in [-0.2, 0) is 5.41 Å². The minimum atomic E-state index is 0.148. The molecule has 1 unspecified atom stereocenters. The van der Waals surface area contributed by atoms with E-state index in [9.17, 15) is 0 Å². The van der Waals surface area contributed by atoms with E-state index in [0.29, 0.717) is 6.04 Å². The molecule has 0 spiro atoms. The lowest BCUT2D eigenvalue weighted by Crippen LogP contribution is -2.41. The first-order chi connectivity index (χ1) is 16.8. The Hall–Kier alpha value is -2.35. The van der Waals surface area contributed by atoms with Crippen molar-refractivity contribution in [1.82, 2.24) is 4.98 Å². The summed E-state index contributed by atoms with van der Waals surface area (Å²) in [6.45, 7) is 18.4. The summed E-state index contributed by atoms with van der Waals surface area (Å²) in [6, 6.07) is 14.1. The monoisotopic (exact) mass is 472 g/mol. The molecule has 2 nitrogen and oxygen atoms in total. The first-order valence-electron chi connectivity index (χ1n) is 14.0. The molecular formula is C33H48N2. The lowest BCUT2D eigenvalue weighted by atomic mass is 9.79. The highest BCUT2D eigenvalue weighted by atomic mass is 15.2. The molecule has 0 radical (unpaired) electrons. The van der Waals surface area contributed by atoms with Crippen molar-refractivity contribution in [3.05, 3.63) is 76.0 Å². The quantitative estimate of drug-likeness (QED) is 0.342. The van der Waals surface area contributed by atoms with Crippen LogP contribution in [0.5, 0.6) is 0 Å². The third-order valence-electron chi connectivity index (χ3n) is 7.31. The lowest BCUT2D eigenvalue weighted by Gasteiger charge is -2.44. The fourth-order valence-corrected chi connectivity index (χ4v) is 5.66. The van der Waals surface area contributed by atoms with E-state index in [4.69, 9.17) is 4.98 Å². The zero-order chi connectivity index (χ0) is 25.6. The molecule has 0 amide bonds. The first-order valence-corrected chi connectivity index (χ1v) is 14.0. The minimum Gasteiger partial charge on any atom is -0.318 e. The number of aromatic nitrogens is 1. The van der Waals surface area contributed by atoms with Crippen molar-refractivity contribution >= 4 is 11.5 Å². The highest BCUT2D eigenvalue weighted by Crippen LogP contribution is 2.46. The van der Waals surface area contributed by atoms with Gasteiger partial charge in [-0.3, -0.25) is 0 Å². The zero-order valence-electron chi connectivity index (χ0n) is 23.7. The number of nitrogens with zero attached hydrogens (tertiary/aromatic N) is 2. The van der Waals surface area contributed by atoms with E-state index in [2.05, 4.69) is 96.7 Å². The molecule has 0 N–H and O–H groups in total. The number of pyridine rings is 1. The highest BCUT2D eigenvalue weighted by Gasteiger charge is 2.36. The molecule has 35 heavy (non-hydrogen) atoms. The summed E-state index contributed by atoms with van der Waals surface area (Å²) in [6.07, 6.45) is 11.3. The van der Waals surface area contributed by atoms with Gasteiger partial charge in [0.1, 0.15) is 5.82 Å². The van der Waals surface area contributed by atoms with E-state index >= 15 is 0 Å². The van der Waals surface area contributed by atoms with Crippen molar-refractivity contribution in [2.45, 2.75) is 118 Å². The molecule has 0 saturated carbocycles. The normalized spacial score (nSPS) is 16.9. The van der Waals surface area contributed by atoms with Crippen LogP contribution in [0.4, 0.5) is 5.82 Å². The Morgan fingerprint density at radius 2 is 1.43 bits per heavy atom. The van der Waals surface area contributed by atoms with Gasteiger partial charge in [0.15, 0.2) is 0 Å². The molecule has 0 bridgehead atoms. The highest BCUT2D eigenvalue weighted by molar-refractivity contribution is 5.87. The van der Waals surface area contributed by atoms with Crippen LogP contribution in [0.3, 0.4) is 0 Å². The Morgan fingerprint density at radius 1 is 0.800 bits per heavy atom. The molecule has 1 aromatic heterocycles.